The van der Waals surface area contributed by atoms with Crippen molar-refractivity contribution in [3.05, 3.63) is 98.9 Å². The number of anilines is 1. The van der Waals surface area contributed by atoms with Crippen LogP contribution in [0.4, 0.5) is 5.69 Å². The summed E-state index contributed by atoms with van der Waals surface area (Å²) < 4.78 is 28.2. The van der Waals surface area contributed by atoms with Gasteiger partial charge in [-0.15, -0.1) is 0 Å². The molecule has 208 valence electrons. The van der Waals surface area contributed by atoms with Gasteiger partial charge in [0.2, 0.25) is 21.8 Å². The highest BCUT2D eigenvalue weighted by Crippen LogP contribution is 2.28. The van der Waals surface area contributed by atoms with Gasteiger partial charge in [0, 0.05) is 27.4 Å². The van der Waals surface area contributed by atoms with Crippen LogP contribution in [0.15, 0.2) is 87.8 Å². The summed E-state index contributed by atoms with van der Waals surface area (Å²) in [5.74, 6) is -0.817. The van der Waals surface area contributed by atoms with E-state index in [2.05, 4.69) is 37.2 Å². The number of rotatable bonds is 10. The summed E-state index contributed by atoms with van der Waals surface area (Å²) in [5.41, 5.74) is 1.48. The fraction of sp³-hybridized carbons (Fsp3) is 0.310. The molecule has 0 aliphatic carbocycles. The fourth-order valence-electron chi connectivity index (χ4n) is 4.09. The summed E-state index contributed by atoms with van der Waals surface area (Å²) >= 11 is 6.89. The standard InChI is InChI=1S/C29H33Br2N3O4S/c1-29(2,3)32-28(36)26(18-21-11-6-5-7-12-21)33(19-22-13-10-14-23(30)17-22)27(35)20-34(39(4,37)38)25-16-9-8-15-24(25)31/h5-17,26H,18-20H2,1-4H3,(H,32,36)/t26-/m1/s1. The number of nitrogens with one attached hydrogen (secondary N) is 1. The van der Waals surface area contributed by atoms with Crippen molar-refractivity contribution in [1.82, 2.24) is 10.2 Å². The second-order valence-electron chi connectivity index (χ2n) is 10.3. The summed E-state index contributed by atoms with van der Waals surface area (Å²) in [6.07, 6.45) is 1.32. The third kappa shape index (κ3) is 9.19. The van der Waals surface area contributed by atoms with E-state index in [1.165, 1.54) is 4.90 Å². The lowest BCUT2D eigenvalue weighted by atomic mass is 10.0. The van der Waals surface area contributed by atoms with Crippen molar-refractivity contribution in [2.45, 2.75) is 45.3 Å². The summed E-state index contributed by atoms with van der Waals surface area (Å²) in [4.78, 5) is 29.3. The molecule has 10 heteroatoms. The molecule has 0 aliphatic heterocycles. The first-order chi connectivity index (χ1) is 18.2. The zero-order valence-corrected chi connectivity index (χ0v) is 26.4. The van der Waals surface area contributed by atoms with Crippen LogP contribution in [0.2, 0.25) is 0 Å². The Morgan fingerprint density at radius 1 is 0.897 bits per heavy atom. The first-order valence-electron chi connectivity index (χ1n) is 12.4. The third-order valence-electron chi connectivity index (χ3n) is 5.81. The van der Waals surface area contributed by atoms with Gasteiger partial charge in [-0.3, -0.25) is 13.9 Å². The smallest absolute Gasteiger partial charge is 0.244 e. The maximum atomic E-state index is 14.1. The van der Waals surface area contributed by atoms with E-state index in [0.717, 1.165) is 26.2 Å². The predicted molar refractivity (Wildman–Crippen MR) is 163 cm³/mol. The molecule has 1 N–H and O–H groups in total. The van der Waals surface area contributed by atoms with E-state index in [4.69, 9.17) is 0 Å². The van der Waals surface area contributed by atoms with Gasteiger partial charge in [0.1, 0.15) is 12.6 Å². The Morgan fingerprint density at radius 2 is 1.51 bits per heavy atom. The normalized spacial score (nSPS) is 12.5. The zero-order chi connectivity index (χ0) is 28.8. The van der Waals surface area contributed by atoms with Crippen molar-refractivity contribution in [2.75, 3.05) is 17.1 Å². The van der Waals surface area contributed by atoms with Crippen LogP contribution in [0.25, 0.3) is 0 Å². The van der Waals surface area contributed by atoms with Gasteiger partial charge in [-0.1, -0.05) is 70.5 Å². The molecule has 7 nitrogen and oxygen atoms in total. The minimum atomic E-state index is -3.83. The number of amides is 2. The van der Waals surface area contributed by atoms with E-state index >= 15 is 0 Å². The van der Waals surface area contributed by atoms with Crippen molar-refractivity contribution in [2.24, 2.45) is 0 Å². The molecule has 3 aromatic rings. The van der Waals surface area contributed by atoms with Crippen LogP contribution in [-0.4, -0.2) is 49.5 Å². The van der Waals surface area contributed by atoms with Crippen molar-refractivity contribution in [1.29, 1.82) is 0 Å². The maximum Gasteiger partial charge on any atom is 0.244 e. The van der Waals surface area contributed by atoms with E-state index in [1.54, 1.807) is 24.3 Å². The lowest BCUT2D eigenvalue weighted by molar-refractivity contribution is -0.140. The third-order valence-corrected chi connectivity index (χ3v) is 8.10. The van der Waals surface area contributed by atoms with Crippen molar-refractivity contribution >= 4 is 59.4 Å². The minimum absolute atomic E-state index is 0.112. The lowest BCUT2D eigenvalue weighted by Crippen LogP contribution is -2.56. The van der Waals surface area contributed by atoms with Crippen molar-refractivity contribution in [3.8, 4) is 0 Å². The summed E-state index contributed by atoms with van der Waals surface area (Å²) in [6.45, 7) is 5.28. The number of hydrogen-bond donors (Lipinski definition) is 1. The molecule has 3 aromatic carbocycles. The molecule has 0 aromatic heterocycles. The molecule has 0 heterocycles. The largest absolute Gasteiger partial charge is 0.350 e. The van der Waals surface area contributed by atoms with Gasteiger partial charge in [-0.25, -0.2) is 8.42 Å². The maximum absolute atomic E-state index is 14.1. The number of sulfonamides is 1. The number of carbonyl (C=O) groups excluding carboxylic acids is 2. The summed E-state index contributed by atoms with van der Waals surface area (Å²) in [7, 11) is -3.83. The number of nitrogens with zero attached hydrogens (tertiary/aromatic N) is 2. The molecular formula is C29H33Br2N3O4S. The molecule has 1 atom stereocenters. The monoisotopic (exact) mass is 677 g/mol. The minimum Gasteiger partial charge on any atom is -0.350 e. The van der Waals surface area contributed by atoms with Gasteiger partial charge in [-0.05, 0) is 72.1 Å². The molecule has 0 bridgehead atoms. The second kappa shape index (κ2) is 13.1. The lowest BCUT2D eigenvalue weighted by Gasteiger charge is -2.35. The van der Waals surface area contributed by atoms with Crippen LogP contribution in [0.1, 0.15) is 31.9 Å². The average Bonchev–Trinajstić information content (AvgIpc) is 2.84. The molecule has 3 rings (SSSR count). The SMILES string of the molecule is CC(C)(C)NC(=O)[C@@H](Cc1ccccc1)N(Cc1cccc(Br)c1)C(=O)CN(c1ccccc1Br)S(C)(=O)=O. The van der Waals surface area contributed by atoms with E-state index in [-0.39, 0.29) is 18.9 Å². The van der Waals surface area contributed by atoms with E-state index in [0.29, 0.717) is 10.2 Å². The van der Waals surface area contributed by atoms with Gasteiger partial charge in [0.15, 0.2) is 0 Å². The summed E-state index contributed by atoms with van der Waals surface area (Å²) in [5, 5.41) is 3.01. The van der Waals surface area contributed by atoms with Crippen molar-refractivity contribution < 1.29 is 18.0 Å². The molecule has 0 saturated heterocycles. The van der Waals surface area contributed by atoms with Crippen LogP contribution in [0, 0.1) is 0 Å². The van der Waals surface area contributed by atoms with Crippen LogP contribution < -0.4 is 9.62 Å². The van der Waals surface area contributed by atoms with Crippen LogP contribution in [0.5, 0.6) is 0 Å². The Morgan fingerprint density at radius 3 is 2.10 bits per heavy atom. The average molecular weight is 679 g/mol. The number of benzene rings is 3. The molecule has 0 unspecified atom stereocenters. The molecule has 0 saturated carbocycles. The summed E-state index contributed by atoms with van der Waals surface area (Å²) in [6, 6.07) is 22.9. The Balaban J connectivity index is 2.09. The van der Waals surface area contributed by atoms with Crippen LogP contribution in [-0.2, 0) is 32.6 Å². The van der Waals surface area contributed by atoms with Crippen molar-refractivity contribution in [3.63, 3.8) is 0 Å². The molecule has 0 aliphatic rings. The van der Waals surface area contributed by atoms with Gasteiger partial charge in [-0.2, -0.15) is 0 Å². The van der Waals surface area contributed by atoms with Gasteiger partial charge >= 0.3 is 0 Å². The van der Waals surface area contributed by atoms with E-state index < -0.39 is 34.1 Å². The number of carbonyl (C=O) groups is 2. The Kier molecular flexibility index (Phi) is 10.4. The highest BCUT2D eigenvalue weighted by Gasteiger charge is 2.34. The molecule has 0 spiro atoms. The zero-order valence-electron chi connectivity index (χ0n) is 22.4. The van der Waals surface area contributed by atoms with E-state index in [1.807, 2.05) is 75.4 Å². The first-order valence-corrected chi connectivity index (χ1v) is 15.8. The first kappa shape index (κ1) is 30.8. The fourth-order valence-corrected chi connectivity index (χ4v) is 6.01. The molecule has 2 amide bonds. The number of para-hydroxylation sites is 1. The Bertz CT molecular complexity index is 1410. The van der Waals surface area contributed by atoms with Gasteiger partial charge in [0.05, 0.1) is 11.9 Å². The predicted octanol–water partition coefficient (Wildman–Crippen LogP) is 5.53. The molecule has 39 heavy (non-hydrogen) atoms. The quantitative estimate of drug-likeness (QED) is 0.306. The molecule has 0 fully saturated rings. The van der Waals surface area contributed by atoms with Gasteiger partial charge < -0.3 is 10.2 Å². The topological polar surface area (TPSA) is 86.8 Å². The Labute approximate surface area is 247 Å². The number of hydrogen-bond acceptors (Lipinski definition) is 4. The number of halogens is 2. The van der Waals surface area contributed by atoms with E-state index in [9.17, 15) is 18.0 Å². The second-order valence-corrected chi connectivity index (χ2v) is 14.0. The highest BCUT2D eigenvalue weighted by molar-refractivity contribution is 9.10. The van der Waals surface area contributed by atoms with Gasteiger partial charge in [0.25, 0.3) is 0 Å². The molecule has 0 radical (unpaired) electrons. The molecular weight excluding hydrogens is 646 g/mol. The Hall–Kier alpha value is -2.69. The van der Waals surface area contributed by atoms with Crippen LogP contribution >= 0.6 is 31.9 Å². The van der Waals surface area contributed by atoms with Crippen LogP contribution in [0.3, 0.4) is 0 Å². The highest BCUT2D eigenvalue weighted by atomic mass is 79.9.